The summed E-state index contributed by atoms with van der Waals surface area (Å²) >= 11 is 0. The Hall–Kier alpha value is -2.17. The summed E-state index contributed by atoms with van der Waals surface area (Å²) in [4.78, 5) is 35.2. The molecule has 0 saturated carbocycles. The first-order chi connectivity index (χ1) is 8.15. The molecule has 1 aromatic carbocycles. The molecular weight excluding hydrogens is 220 g/mol. The van der Waals surface area contributed by atoms with Gasteiger partial charge in [-0.05, 0) is 12.0 Å². The van der Waals surface area contributed by atoms with Crippen LogP contribution in [0.1, 0.15) is 24.9 Å². The molecule has 5 heteroatoms. The van der Waals surface area contributed by atoms with E-state index in [-0.39, 0.29) is 0 Å². The van der Waals surface area contributed by atoms with E-state index in [0.29, 0.717) is 6.42 Å². The van der Waals surface area contributed by atoms with Crippen molar-refractivity contribution in [2.45, 2.75) is 19.4 Å². The number of hydrogen-bond donors (Lipinski definition) is 1. The normalized spacial score (nSPS) is 17.2. The van der Waals surface area contributed by atoms with Crippen molar-refractivity contribution in [3.63, 3.8) is 0 Å². The Bertz CT molecular complexity index is 470. The molecule has 0 aromatic heterocycles. The molecule has 1 aliphatic heterocycles. The van der Waals surface area contributed by atoms with Crippen LogP contribution in [0.4, 0.5) is 4.79 Å². The van der Waals surface area contributed by atoms with Gasteiger partial charge in [0.25, 0.3) is 0 Å². The fraction of sp³-hybridized carbons (Fsp3) is 0.250. The van der Waals surface area contributed by atoms with Gasteiger partial charge in [-0.15, -0.1) is 0 Å². The number of urea groups is 1. The number of carbonyl (C=O) groups is 3. The number of imide groups is 2. The SMILES string of the molecule is CCC(c1ccccc1)N1C(=O)NC(=O)C1=O. The topological polar surface area (TPSA) is 66.5 Å². The van der Waals surface area contributed by atoms with Crippen LogP contribution < -0.4 is 5.32 Å². The average molecular weight is 232 g/mol. The van der Waals surface area contributed by atoms with E-state index in [4.69, 9.17) is 0 Å². The number of hydrogen-bond acceptors (Lipinski definition) is 3. The van der Waals surface area contributed by atoms with Gasteiger partial charge in [-0.2, -0.15) is 0 Å². The lowest BCUT2D eigenvalue weighted by atomic mass is 10.0. The molecule has 0 bridgehead atoms. The van der Waals surface area contributed by atoms with Gasteiger partial charge in [0.05, 0.1) is 6.04 Å². The van der Waals surface area contributed by atoms with Gasteiger partial charge in [0.15, 0.2) is 0 Å². The third-order valence-electron chi connectivity index (χ3n) is 2.74. The molecule has 1 saturated heterocycles. The van der Waals surface area contributed by atoms with E-state index in [1.54, 1.807) is 0 Å². The molecule has 4 amide bonds. The van der Waals surface area contributed by atoms with Crippen LogP contribution in [-0.4, -0.2) is 22.7 Å². The largest absolute Gasteiger partial charge is 0.332 e. The summed E-state index contributed by atoms with van der Waals surface area (Å²) < 4.78 is 0. The number of carbonyl (C=O) groups excluding carboxylic acids is 3. The van der Waals surface area contributed by atoms with Crippen molar-refractivity contribution < 1.29 is 14.4 Å². The Morgan fingerprint density at radius 1 is 1.18 bits per heavy atom. The number of nitrogens with zero attached hydrogens (tertiary/aromatic N) is 1. The number of nitrogens with one attached hydrogen (secondary N) is 1. The highest BCUT2D eigenvalue weighted by Crippen LogP contribution is 2.25. The van der Waals surface area contributed by atoms with Crippen molar-refractivity contribution in [1.82, 2.24) is 10.2 Å². The van der Waals surface area contributed by atoms with E-state index in [9.17, 15) is 14.4 Å². The maximum Gasteiger partial charge on any atom is 0.332 e. The van der Waals surface area contributed by atoms with E-state index in [1.165, 1.54) is 0 Å². The van der Waals surface area contributed by atoms with E-state index in [2.05, 4.69) is 0 Å². The predicted molar refractivity (Wildman–Crippen MR) is 59.9 cm³/mol. The van der Waals surface area contributed by atoms with E-state index in [1.807, 2.05) is 42.6 Å². The fourth-order valence-corrected chi connectivity index (χ4v) is 1.94. The monoisotopic (exact) mass is 232 g/mol. The molecule has 1 aromatic rings. The molecule has 1 aliphatic rings. The summed E-state index contributed by atoms with van der Waals surface area (Å²) in [5.41, 5.74) is 0.841. The highest BCUT2D eigenvalue weighted by Gasteiger charge is 2.41. The predicted octanol–water partition coefficient (Wildman–Crippen LogP) is 1.22. The second-order valence-corrected chi connectivity index (χ2v) is 3.77. The number of benzene rings is 1. The molecule has 1 heterocycles. The highest BCUT2D eigenvalue weighted by atomic mass is 16.2. The Kier molecular flexibility index (Phi) is 2.91. The molecule has 2 rings (SSSR count). The summed E-state index contributed by atoms with van der Waals surface area (Å²) in [5, 5.41) is 2.00. The van der Waals surface area contributed by atoms with Crippen LogP contribution in [0, 0.1) is 0 Å². The van der Waals surface area contributed by atoms with Crippen molar-refractivity contribution in [3.05, 3.63) is 35.9 Å². The Morgan fingerprint density at radius 2 is 1.82 bits per heavy atom. The van der Waals surface area contributed by atoms with Crippen molar-refractivity contribution in [2.75, 3.05) is 0 Å². The fourth-order valence-electron chi connectivity index (χ4n) is 1.94. The van der Waals surface area contributed by atoms with Crippen molar-refractivity contribution in [2.24, 2.45) is 0 Å². The van der Waals surface area contributed by atoms with Gasteiger partial charge in [-0.25, -0.2) is 9.69 Å². The zero-order valence-electron chi connectivity index (χ0n) is 9.34. The van der Waals surface area contributed by atoms with Crippen LogP contribution in [0.25, 0.3) is 0 Å². The molecular formula is C12H12N2O3. The Morgan fingerprint density at radius 3 is 2.29 bits per heavy atom. The van der Waals surface area contributed by atoms with Gasteiger partial charge in [0.2, 0.25) is 0 Å². The maximum atomic E-state index is 11.6. The molecule has 1 N–H and O–H groups in total. The summed E-state index contributed by atoms with van der Waals surface area (Å²) in [6.45, 7) is 1.86. The van der Waals surface area contributed by atoms with Crippen LogP contribution in [0.2, 0.25) is 0 Å². The smallest absolute Gasteiger partial charge is 0.269 e. The minimum atomic E-state index is -0.857. The van der Waals surface area contributed by atoms with Gasteiger partial charge < -0.3 is 0 Å². The van der Waals surface area contributed by atoms with Crippen LogP contribution in [0.3, 0.4) is 0 Å². The molecule has 88 valence electrons. The lowest BCUT2D eigenvalue weighted by Crippen LogP contribution is -2.34. The van der Waals surface area contributed by atoms with Gasteiger partial charge in [-0.3, -0.25) is 14.9 Å². The molecule has 0 radical (unpaired) electrons. The van der Waals surface area contributed by atoms with E-state index >= 15 is 0 Å². The second-order valence-electron chi connectivity index (χ2n) is 3.77. The Balaban J connectivity index is 2.34. The standard InChI is InChI=1S/C12H12N2O3/c1-2-9(8-6-4-3-5-7-8)14-11(16)10(15)13-12(14)17/h3-7,9H,2H2,1H3,(H,13,15,17). The zero-order valence-corrected chi connectivity index (χ0v) is 9.34. The average Bonchev–Trinajstić information content (AvgIpc) is 2.58. The zero-order chi connectivity index (χ0) is 12.4. The van der Waals surface area contributed by atoms with Gasteiger partial charge in [0, 0.05) is 0 Å². The van der Waals surface area contributed by atoms with Crippen molar-refractivity contribution in [1.29, 1.82) is 0 Å². The van der Waals surface area contributed by atoms with Gasteiger partial charge in [0.1, 0.15) is 0 Å². The quantitative estimate of drug-likeness (QED) is 0.629. The molecule has 17 heavy (non-hydrogen) atoms. The lowest BCUT2D eigenvalue weighted by molar-refractivity contribution is -0.141. The summed E-state index contributed by atoms with van der Waals surface area (Å²) in [5.74, 6) is -1.64. The minimum absolute atomic E-state index is 0.393. The van der Waals surface area contributed by atoms with Gasteiger partial charge >= 0.3 is 17.8 Å². The van der Waals surface area contributed by atoms with E-state index < -0.39 is 23.9 Å². The lowest BCUT2D eigenvalue weighted by Gasteiger charge is -2.23. The van der Waals surface area contributed by atoms with Gasteiger partial charge in [-0.1, -0.05) is 37.3 Å². The second kappa shape index (κ2) is 4.37. The third-order valence-corrected chi connectivity index (χ3v) is 2.74. The molecule has 1 unspecified atom stereocenters. The summed E-state index contributed by atoms with van der Waals surface area (Å²) in [7, 11) is 0. The number of rotatable bonds is 3. The van der Waals surface area contributed by atoms with Crippen LogP contribution in [-0.2, 0) is 9.59 Å². The first kappa shape index (κ1) is 11.3. The summed E-state index contributed by atoms with van der Waals surface area (Å²) in [6.07, 6.45) is 0.566. The number of amides is 4. The first-order valence-corrected chi connectivity index (χ1v) is 5.38. The van der Waals surface area contributed by atoms with Crippen LogP contribution >= 0.6 is 0 Å². The molecule has 1 fully saturated rings. The minimum Gasteiger partial charge on any atom is -0.269 e. The highest BCUT2D eigenvalue weighted by molar-refractivity contribution is 6.44. The molecule has 0 aliphatic carbocycles. The van der Waals surface area contributed by atoms with Crippen molar-refractivity contribution in [3.8, 4) is 0 Å². The van der Waals surface area contributed by atoms with Crippen LogP contribution in [0.5, 0.6) is 0 Å². The molecule has 0 spiro atoms. The van der Waals surface area contributed by atoms with Crippen LogP contribution in [0.15, 0.2) is 30.3 Å². The third kappa shape index (κ3) is 1.91. The summed E-state index contributed by atoms with van der Waals surface area (Å²) in [6, 6.07) is 8.14. The van der Waals surface area contributed by atoms with E-state index in [0.717, 1.165) is 10.5 Å². The molecule has 5 nitrogen and oxygen atoms in total. The van der Waals surface area contributed by atoms with Crippen molar-refractivity contribution >= 4 is 17.8 Å². The Labute approximate surface area is 98.4 Å². The first-order valence-electron chi connectivity index (χ1n) is 5.38. The molecule has 1 atom stereocenters. The maximum absolute atomic E-state index is 11.6.